The highest BCUT2D eigenvalue weighted by Gasteiger charge is 2.28. The molecule has 1 saturated carbocycles. The highest BCUT2D eigenvalue weighted by atomic mass is 19.2. The van der Waals surface area contributed by atoms with E-state index in [9.17, 15) is 4.39 Å². The second-order valence-electron chi connectivity index (χ2n) is 13.9. The summed E-state index contributed by atoms with van der Waals surface area (Å²) < 4.78 is 45.5. The van der Waals surface area contributed by atoms with E-state index in [2.05, 4.69) is 32.1 Å². The van der Waals surface area contributed by atoms with Crippen molar-refractivity contribution >= 4 is 5.57 Å². The maximum absolute atomic E-state index is 15.4. The van der Waals surface area contributed by atoms with Crippen LogP contribution < -0.4 is 0 Å². The van der Waals surface area contributed by atoms with Gasteiger partial charge in [0.2, 0.25) is 0 Å². The van der Waals surface area contributed by atoms with Crippen LogP contribution in [-0.2, 0) is 6.42 Å². The number of aryl methyl sites for hydroxylation is 1. The molecule has 0 nitrogen and oxygen atoms in total. The summed E-state index contributed by atoms with van der Waals surface area (Å²) in [5.41, 5.74) is 4.81. The van der Waals surface area contributed by atoms with Crippen LogP contribution in [0.4, 0.5) is 13.2 Å². The first-order valence-electron chi connectivity index (χ1n) is 18.2. The van der Waals surface area contributed by atoms with Crippen LogP contribution in [0.3, 0.4) is 0 Å². The molecule has 1 fully saturated rings. The zero-order valence-electron chi connectivity index (χ0n) is 28.1. The summed E-state index contributed by atoms with van der Waals surface area (Å²) >= 11 is 0. The summed E-state index contributed by atoms with van der Waals surface area (Å²) in [6.07, 6.45) is 25.2. The van der Waals surface area contributed by atoms with Crippen molar-refractivity contribution in [3.05, 3.63) is 101 Å². The Balaban J connectivity index is 1.16. The van der Waals surface area contributed by atoms with Crippen LogP contribution in [0.25, 0.3) is 27.8 Å². The molecule has 0 spiro atoms. The summed E-state index contributed by atoms with van der Waals surface area (Å²) in [6.45, 7) is 4.33. The molecule has 0 heterocycles. The maximum Gasteiger partial charge on any atom is 0.166 e. The molecule has 3 aromatic carbocycles. The predicted octanol–water partition coefficient (Wildman–Crippen LogP) is 13.7. The van der Waals surface area contributed by atoms with E-state index in [1.807, 2.05) is 24.3 Å². The van der Waals surface area contributed by atoms with Gasteiger partial charge in [-0.15, -0.1) is 0 Å². The molecule has 2 aliphatic carbocycles. The number of unbranched alkanes of at least 4 members (excludes halogenated alkanes) is 7. The van der Waals surface area contributed by atoms with Gasteiger partial charge in [0.1, 0.15) is 5.82 Å². The van der Waals surface area contributed by atoms with Gasteiger partial charge in [-0.3, -0.25) is 0 Å². The van der Waals surface area contributed by atoms with Crippen molar-refractivity contribution in [2.24, 2.45) is 17.8 Å². The summed E-state index contributed by atoms with van der Waals surface area (Å²) in [5.74, 6) is 0.563. The molecule has 5 rings (SSSR count). The molecule has 0 aliphatic heterocycles. The third-order valence-corrected chi connectivity index (χ3v) is 10.7. The van der Waals surface area contributed by atoms with Crippen LogP contribution in [0.2, 0.25) is 0 Å². The Morgan fingerprint density at radius 2 is 1.30 bits per heavy atom. The highest BCUT2D eigenvalue weighted by Crippen LogP contribution is 2.42. The fourth-order valence-corrected chi connectivity index (χ4v) is 7.86. The molecule has 0 N–H and O–H groups in total. The molecule has 0 radical (unpaired) electrons. The lowest BCUT2D eigenvalue weighted by Gasteiger charge is -2.35. The lowest BCUT2D eigenvalue weighted by molar-refractivity contribution is 0.212. The molecule has 3 aromatic rings. The molecule has 0 saturated heterocycles. The Bertz CT molecular complexity index is 1460. The van der Waals surface area contributed by atoms with Crippen molar-refractivity contribution < 1.29 is 13.2 Å². The molecule has 3 heteroatoms. The number of hydrogen-bond acceptors (Lipinski definition) is 0. The first-order valence-corrected chi connectivity index (χ1v) is 18.2. The van der Waals surface area contributed by atoms with Gasteiger partial charge in [-0.2, -0.15) is 0 Å². The minimum Gasteiger partial charge on any atom is -0.206 e. The van der Waals surface area contributed by atoms with E-state index in [1.54, 1.807) is 30.3 Å². The fraction of sp³-hybridized carbons (Fsp3) is 0.488. The predicted molar refractivity (Wildman–Crippen MR) is 189 cm³/mol. The SMILES string of the molecule is C/C=C/C1CCC(C2CC=C(c3ccc(-c4ccc(-c5ccc(CCCCCCCCCC)c(F)c5F)cc4)cc3F)CC2)CC1. The van der Waals surface area contributed by atoms with Gasteiger partial charge in [0.25, 0.3) is 0 Å². The van der Waals surface area contributed by atoms with Crippen LogP contribution >= 0.6 is 0 Å². The van der Waals surface area contributed by atoms with E-state index in [0.717, 1.165) is 73.0 Å². The quantitative estimate of drug-likeness (QED) is 0.123. The Kier molecular flexibility index (Phi) is 12.8. The van der Waals surface area contributed by atoms with Crippen molar-refractivity contribution in [3.63, 3.8) is 0 Å². The van der Waals surface area contributed by atoms with Crippen LogP contribution in [0.15, 0.2) is 72.8 Å². The topological polar surface area (TPSA) is 0 Å². The zero-order valence-corrected chi connectivity index (χ0v) is 28.1. The van der Waals surface area contributed by atoms with Gasteiger partial charge in [0.15, 0.2) is 11.6 Å². The molecule has 2 aliphatic rings. The lowest BCUT2D eigenvalue weighted by atomic mass is 9.71. The average Bonchev–Trinajstić information content (AvgIpc) is 3.08. The zero-order chi connectivity index (χ0) is 32.3. The molecule has 46 heavy (non-hydrogen) atoms. The van der Waals surface area contributed by atoms with Gasteiger partial charge in [0.05, 0.1) is 0 Å². The number of allylic oxidation sites excluding steroid dienone is 4. The van der Waals surface area contributed by atoms with E-state index in [-0.39, 0.29) is 11.4 Å². The van der Waals surface area contributed by atoms with Crippen LogP contribution in [0.5, 0.6) is 0 Å². The van der Waals surface area contributed by atoms with Gasteiger partial charge in [0, 0.05) is 11.1 Å². The standard InChI is InChI=1S/C43H53F3/c1-3-5-6-7-8-9-10-11-13-37-26-29-40(43(46)42(37)45)36-24-20-34(21-25-36)38-27-28-39(41(44)30-38)35-22-18-33(19-23-35)32-16-14-31(12-4-2)15-17-32/h4,12,20-22,24-33H,3,5-11,13-19,23H2,1-2H3/b12-4+. The van der Waals surface area contributed by atoms with Gasteiger partial charge < -0.3 is 0 Å². The largest absolute Gasteiger partial charge is 0.206 e. The normalized spacial score (nSPS) is 20.3. The molecule has 1 atom stereocenters. The molecule has 0 amide bonds. The van der Waals surface area contributed by atoms with Crippen molar-refractivity contribution in [1.29, 1.82) is 0 Å². The van der Waals surface area contributed by atoms with Gasteiger partial charge in [-0.1, -0.05) is 119 Å². The third-order valence-electron chi connectivity index (χ3n) is 10.7. The van der Waals surface area contributed by atoms with E-state index >= 15 is 8.78 Å². The first kappa shape index (κ1) is 34.3. The van der Waals surface area contributed by atoms with Gasteiger partial charge in [-0.05, 0) is 116 Å². The summed E-state index contributed by atoms with van der Waals surface area (Å²) in [6, 6.07) is 16.3. The van der Waals surface area contributed by atoms with E-state index < -0.39 is 11.6 Å². The Morgan fingerprint density at radius 1 is 0.652 bits per heavy atom. The second-order valence-corrected chi connectivity index (χ2v) is 13.9. The monoisotopic (exact) mass is 626 g/mol. The van der Waals surface area contributed by atoms with Gasteiger partial charge >= 0.3 is 0 Å². The molecule has 246 valence electrons. The second kappa shape index (κ2) is 17.2. The minimum absolute atomic E-state index is 0.196. The smallest absolute Gasteiger partial charge is 0.166 e. The van der Waals surface area contributed by atoms with Crippen molar-refractivity contribution in [2.75, 3.05) is 0 Å². The summed E-state index contributed by atoms with van der Waals surface area (Å²) in [4.78, 5) is 0. The number of hydrogen-bond donors (Lipinski definition) is 0. The molecule has 0 bridgehead atoms. The Hall–Kier alpha value is -3.07. The Morgan fingerprint density at radius 3 is 1.96 bits per heavy atom. The van der Waals surface area contributed by atoms with Crippen molar-refractivity contribution in [3.8, 4) is 22.3 Å². The molecule has 1 unspecified atom stereocenters. The molecular formula is C43H53F3. The maximum atomic E-state index is 15.4. The van der Waals surface area contributed by atoms with E-state index in [1.165, 1.54) is 57.8 Å². The summed E-state index contributed by atoms with van der Waals surface area (Å²) in [7, 11) is 0. The number of benzene rings is 3. The van der Waals surface area contributed by atoms with E-state index in [0.29, 0.717) is 23.1 Å². The molecular weight excluding hydrogens is 573 g/mol. The van der Waals surface area contributed by atoms with Gasteiger partial charge in [-0.25, -0.2) is 13.2 Å². The number of rotatable bonds is 14. The van der Waals surface area contributed by atoms with Crippen LogP contribution in [0, 0.1) is 35.2 Å². The highest BCUT2D eigenvalue weighted by molar-refractivity contribution is 5.74. The number of halogens is 3. The van der Waals surface area contributed by atoms with Crippen molar-refractivity contribution in [2.45, 2.75) is 117 Å². The third kappa shape index (κ3) is 8.84. The van der Waals surface area contributed by atoms with Crippen molar-refractivity contribution in [1.82, 2.24) is 0 Å². The Labute approximate surface area is 276 Å². The average molecular weight is 627 g/mol. The lowest BCUT2D eigenvalue weighted by Crippen LogP contribution is -2.22. The molecule has 0 aromatic heterocycles. The van der Waals surface area contributed by atoms with Crippen LogP contribution in [-0.4, -0.2) is 0 Å². The fourth-order valence-electron chi connectivity index (χ4n) is 7.86. The first-order chi connectivity index (χ1) is 22.5. The minimum atomic E-state index is -0.787. The summed E-state index contributed by atoms with van der Waals surface area (Å²) in [5, 5.41) is 0. The van der Waals surface area contributed by atoms with Crippen LogP contribution in [0.1, 0.15) is 121 Å². The van der Waals surface area contributed by atoms with E-state index in [4.69, 9.17) is 0 Å².